The van der Waals surface area contributed by atoms with Crippen LogP contribution in [-0.2, 0) is 6.42 Å². The third kappa shape index (κ3) is 2.02. The number of aryl methyl sites for hydroxylation is 1. The maximum absolute atomic E-state index is 13.1. The van der Waals surface area contributed by atoms with E-state index in [9.17, 15) is 4.39 Å². The van der Waals surface area contributed by atoms with Crippen LogP contribution in [0.15, 0.2) is 18.2 Å². The van der Waals surface area contributed by atoms with Crippen LogP contribution in [-0.4, -0.2) is 6.04 Å². The van der Waals surface area contributed by atoms with Crippen molar-refractivity contribution >= 4 is 0 Å². The van der Waals surface area contributed by atoms with Crippen molar-refractivity contribution in [2.75, 3.05) is 0 Å². The van der Waals surface area contributed by atoms with Crippen molar-refractivity contribution < 1.29 is 4.39 Å². The predicted octanol–water partition coefficient (Wildman–Crippen LogP) is 3.09. The summed E-state index contributed by atoms with van der Waals surface area (Å²) in [5.74, 6) is -0.000309. The highest BCUT2D eigenvalue weighted by atomic mass is 19.1. The van der Waals surface area contributed by atoms with Crippen molar-refractivity contribution in [2.45, 2.75) is 44.2 Å². The van der Waals surface area contributed by atoms with E-state index in [0.717, 1.165) is 37.7 Å². The van der Waals surface area contributed by atoms with E-state index in [2.05, 4.69) is 11.4 Å². The van der Waals surface area contributed by atoms with Gasteiger partial charge in [0.2, 0.25) is 0 Å². The Morgan fingerprint density at radius 2 is 2.17 bits per heavy atom. The number of hydrogen-bond acceptors (Lipinski definition) is 2. The van der Waals surface area contributed by atoms with Gasteiger partial charge in [-0.15, -0.1) is 0 Å². The molecule has 18 heavy (non-hydrogen) atoms. The second-order valence-corrected chi connectivity index (χ2v) is 5.37. The maximum Gasteiger partial charge on any atom is 0.123 e. The molecule has 1 aromatic carbocycles. The zero-order valence-electron chi connectivity index (χ0n) is 10.3. The molecule has 1 aromatic rings. The Balaban J connectivity index is 1.75. The van der Waals surface area contributed by atoms with Crippen molar-refractivity contribution in [2.24, 2.45) is 5.92 Å². The summed E-state index contributed by atoms with van der Waals surface area (Å²) < 4.78 is 13.1. The highest BCUT2D eigenvalue weighted by Crippen LogP contribution is 2.34. The van der Waals surface area contributed by atoms with E-state index in [-0.39, 0.29) is 11.7 Å². The Labute approximate surface area is 107 Å². The Hall–Kier alpha value is -1.40. The topological polar surface area (TPSA) is 35.8 Å². The van der Waals surface area contributed by atoms with Gasteiger partial charge in [0.05, 0.1) is 12.0 Å². The van der Waals surface area contributed by atoms with E-state index in [4.69, 9.17) is 5.26 Å². The first-order valence-electron chi connectivity index (χ1n) is 6.72. The minimum atomic E-state index is -0.148. The third-order valence-electron chi connectivity index (χ3n) is 4.28. The smallest absolute Gasteiger partial charge is 0.123 e. The number of rotatable bonds is 2. The van der Waals surface area contributed by atoms with E-state index >= 15 is 0 Å². The van der Waals surface area contributed by atoms with Crippen LogP contribution in [0, 0.1) is 23.1 Å². The summed E-state index contributed by atoms with van der Waals surface area (Å²) in [4.78, 5) is 0. The van der Waals surface area contributed by atoms with Crippen LogP contribution in [0.3, 0.4) is 0 Å². The molecule has 3 rings (SSSR count). The molecule has 1 N–H and O–H groups in total. The van der Waals surface area contributed by atoms with E-state index in [0.29, 0.717) is 12.1 Å². The first-order chi connectivity index (χ1) is 8.78. The zero-order chi connectivity index (χ0) is 12.5. The Kier molecular flexibility index (Phi) is 3.05. The van der Waals surface area contributed by atoms with Gasteiger partial charge in [0, 0.05) is 12.1 Å². The summed E-state index contributed by atoms with van der Waals surface area (Å²) in [5.41, 5.74) is 2.35. The lowest BCUT2D eigenvalue weighted by Crippen LogP contribution is -2.34. The van der Waals surface area contributed by atoms with E-state index in [1.807, 2.05) is 6.07 Å². The Bertz CT molecular complexity index is 492. The standard InChI is InChI=1S/C15H17FN2/c16-12-5-6-13-10(8-12)4-7-15(13)18-14-3-1-2-11(14)9-17/h5-6,8,11,14-15,18H,1-4,7H2. The molecule has 3 unspecified atom stereocenters. The first kappa shape index (κ1) is 11.7. The van der Waals surface area contributed by atoms with Crippen molar-refractivity contribution in [3.05, 3.63) is 35.1 Å². The number of fused-ring (bicyclic) bond motifs is 1. The Morgan fingerprint density at radius 1 is 1.28 bits per heavy atom. The second kappa shape index (κ2) is 4.70. The molecule has 2 aliphatic carbocycles. The summed E-state index contributed by atoms with van der Waals surface area (Å²) in [6.07, 6.45) is 5.20. The van der Waals surface area contributed by atoms with Gasteiger partial charge in [0.15, 0.2) is 0 Å². The third-order valence-corrected chi connectivity index (χ3v) is 4.28. The highest BCUT2D eigenvalue weighted by molar-refractivity contribution is 5.35. The van der Waals surface area contributed by atoms with Gasteiger partial charge in [0.1, 0.15) is 5.82 Å². The van der Waals surface area contributed by atoms with Gasteiger partial charge in [-0.25, -0.2) is 4.39 Å². The van der Waals surface area contributed by atoms with Crippen LogP contribution in [0.4, 0.5) is 4.39 Å². The fraction of sp³-hybridized carbons (Fsp3) is 0.533. The van der Waals surface area contributed by atoms with Gasteiger partial charge in [-0.3, -0.25) is 0 Å². The SMILES string of the molecule is N#CC1CCCC1NC1CCc2cc(F)ccc21. The molecule has 0 heterocycles. The molecule has 1 saturated carbocycles. The summed E-state index contributed by atoms with van der Waals surface area (Å²) in [5, 5.41) is 12.7. The minimum absolute atomic E-state index is 0.148. The van der Waals surface area contributed by atoms with Crippen molar-refractivity contribution in [3.63, 3.8) is 0 Å². The van der Waals surface area contributed by atoms with Gasteiger partial charge in [0.25, 0.3) is 0 Å². The normalized spacial score (nSPS) is 30.1. The van der Waals surface area contributed by atoms with Gasteiger partial charge in [-0.2, -0.15) is 5.26 Å². The molecule has 0 aromatic heterocycles. The van der Waals surface area contributed by atoms with Crippen molar-refractivity contribution in [3.8, 4) is 6.07 Å². The lowest BCUT2D eigenvalue weighted by atomic mass is 10.0. The van der Waals surface area contributed by atoms with Crippen LogP contribution in [0.5, 0.6) is 0 Å². The largest absolute Gasteiger partial charge is 0.306 e. The molecule has 0 amide bonds. The molecule has 0 bridgehead atoms. The van der Waals surface area contributed by atoms with Crippen LogP contribution in [0.2, 0.25) is 0 Å². The van der Waals surface area contributed by atoms with Gasteiger partial charge >= 0.3 is 0 Å². The number of nitriles is 1. The van der Waals surface area contributed by atoms with Crippen molar-refractivity contribution in [1.29, 1.82) is 5.26 Å². The molecule has 0 spiro atoms. The number of hydrogen-bond donors (Lipinski definition) is 1. The average Bonchev–Trinajstić information content (AvgIpc) is 2.96. The van der Waals surface area contributed by atoms with Gasteiger partial charge in [-0.1, -0.05) is 12.5 Å². The molecule has 0 saturated heterocycles. The van der Waals surface area contributed by atoms with Crippen LogP contribution in [0.1, 0.15) is 42.9 Å². The van der Waals surface area contributed by atoms with Crippen molar-refractivity contribution in [1.82, 2.24) is 5.32 Å². The fourth-order valence-electron chi connectivity index (χ4n) is 3.33. The Morgan fingerprint density at radius 3 is 3.00 bits per heavy atom. The van der Waals surface area contributed by atoms with E-state index in [1.54, 1.807) is 6.07 Å². The van der Waals surface area contributed by atoms with Crippen LogP contribution >= 0.6 is 0 Å². The summed E-state index contributed by atoms with van der Waals surface area (Å²) in [6.45, 7) is 0. The molecular weight excluding hydrogens is 227 g/mol. The summed E-state index contributed by atoms with van der Waals surface area (Å²) in [6, 6.07) is 8.10. The maximum atomic E-state index is 13.1. The lowest BCUT2D eigenvalue weighted by Gasteiger charge is -2.22. The highest BCUT2D eigenvalue weighted by Gasteiger charge is 2.31. The van der Waals surface area contributed by atoms with E-state index in [1.165, 1.54) is 11.6 Å². The van der Waals surface area contributed by atoms with Crippen LogP contribution in [0.25, 0.3) is 0 Å². The zero-order valence-corrected chi connectivity index (χ0v) is 10.3. The molecular formula is C15H17FN2. The number of nitrogens with one attached hydrogen (secondary N) is 1. The molecule has 3 atom stereocenters. The second-order valence-electron chi connectivity index (χ2n) is 5.37. The van der Waals surface area contributed by atoms with Gasteiger partial charge < -0.3 is 5.32 Å². The molecule has 94 valence electrons. The number of benzene rings is 1. The van der Waals surface area contributed by atoms with Gasteiger partial charge in [-0.05, 0) is 48.9 Å². The fourth-order valence-corrected chi connectivity index (χ4v) is 3.33. The van der Waals surface area contributed by atoms with E-state index < -0.39 is 0 Å². The monoisotopic (exact) mass is 244 g/mol. The molecule has 1 fully saturated rings. The van der Waals surface area contributed by atoms with Crippen LogP contribution < -0.4 is 5.32 Å². The quantitative estimate of drug-likeness (QED) is 0.867. The molecule has 2 nitrogen and oxygen atoms in total. The minimum Gasteiger partial charge on any atom is -0.306 e. The molecule has 3 heteroatoms. The molecule has 2 aliphatic rings. The average molecular weight is 244 g/mol. The molecule has 0 aliphatic heterocycles. The number of nitrogens with zero attached hydrogens (tertiary/aromatic N) is 1. The number of halogens is 1. The first-order valence-corrected chi connectivity index (χ1v) is 6.72. The summed E-state index contributed by atoms with van der Waals surface area (Å²) in [7, 11) is 0. The summed E-state index contributed by atoms with van der Waals surface area (Å²) >= 11 is 0. The predicted molar refractivity (Wildman–Crippen MR) is 67.3 cm³/mol. The lowest BCUT2D eigenvalue weighted by molar-refractivity contribution is 0.400. The molecule has 0 radical (unpaired) electrons.